The van der Waals surface area contributed by atoms with Gasteiger partial charge in [-0.15, -0.1) is 11.3 Å². The van der Waals surface area contributed by atoms with Crippen LogP contribution in [0.1, 0.15) is 22.2 Å². The molecule has 0 radical (unpaired) electrons. The van der Waals surface area contributed by atoms with Gasteiger partial charge in [-0.3, -0.25) is 15.0 Å². The van der Waals surface area contributed by atoms with Crippen molar-refractivity contribution in [1.29, 1.82) is 0 Å². The van der Waals surface area contributed by atoms with Gasteiger partial charge in [0, 0.05) is 0 Å². The Hall–Kier alpha value is -3.98. The number of esters is 1. The zero-order valence-corrected chi connectivity index (χ0v) is 17.6. The molecule has 1 saturated heterocycles. The van der Waals surface area contributed by atoms with Crippen molar-refractivity contribution < 1.29 is 28.2 Å². The van der Waals surface area contributed by atoms with E-state index in [0.29, 0.717) is 22.8 Å². The first-order valence-electron chi connectivity index (χ1n) is 9.61. The number of hydrazine groups is 1. The number of hydrogen-bond donors (Lipinski definition) is 1. The lowest BCUT2D eigenvalue weighted by Crippen LogP contribution is -2.35. The Balaban J connectivity index is 1.60. The van der Waals surface area contributed by atoms with E-state index >= 15 is 0 Å². The quantitative estimate of drug-likeness (QED) is 0.265. The summed E-state index contributed by atoms with van der Waals surface area (Å²) in [4.78, 5) is 37.8. The molecule has 4 rings (SSSR count). The second-order valence-electron chi connectivity index (χ2n) is 6.63. The molecule has 0 unspecified atom stereocenters. The minimum atomic E-state index is -0.620. The third kappa shape index (κ3) is 4.37. The lowest BCUT2D eigenvalue weighted by atomic mass is 10.1. The van der Waals surface area contributed by atoms with Crippen LogP contribution in [0.2, 0.25) is 0 Å². The predicted octanol–water partition coefficient (Wildman–Crippen LogP) is 3.97. The van der Waals surface area contributed by atoms with E-state index in [4.69, 9.17) is 9.47 Å². The van der Waals surface area contributed by atoms with Crippen LogP contribution in [0.4, 0.5) is 10.1 Å². The van der Waals surface area contributed by atoms with E-state index in [1.165, 1.54) is 41.7 Å². The molecule has 9 heteroatoms. The summed E-state index contributed by atoms with van der Waals surface area (Å²) in [5.74, 6) is -1.77. The van der Waals surface area contributed by atoms with Crippen molar-refractivity contribution in [3.63, 3.8) is 0 Å². The van der Waals surface area contributed by atoms with Crippen molar-refractivity contribution in [2.45, 2.75) is 6.92 Å². The fourth-order valence-electron chi connectivity index (χ4n) is 3.03. The molecule has 32 heavy (non-hydrogen) atoms. The van der Waals surface area contributed by atoms with Crippen LogP contribution in [0.5, 0.6) is 11.5 Å². The van der Waals surface area contributed by atoms with E-state index in [2.05, 4.69) is 5.43 Å². The Morgan fingerprint density at radius 2 is 1.97 bits per heavy atom. The first kappa shape index (κ1) is 21.3. The fourth-order valence-corrected chi connectivity index (χ4v) is 3.63. The maximum absolute atomic E-state index is 13.5. The van der Waals surface area contributed by atoms with Crippen molar-refractivity contribution in [2.75, 3.05) is 11.6 Å². The highest BCUT2D eigenvalue weighted by molar-refractivity contribution is 7.12. The van der Waals surface area contributed by atoms with Crippen LogP contribution in [-0.4, -0.2) is 24.4 Å². The Kier molecular flexibility index (Phi) is 6.00. The number of nitrogens with zero attached hydrogens (tertiary/aromatic N) is 1. The third-order valence-electron chi connectivity index (χ3n) is 4.46. The molecule has 3 aromatic rings. The normalized spacial score (nSPS) is 14.6. The Morgan fingerprint density at radius 1 is 1.12 bits per heavy atom. The highest BCUT2D eigenvalue weighted by Crippen LogP contribution is 2.31. The molecule has 162 valence electrons. The molecular weight excluding hydrogens is 435 g/mol. The first-order chi connectivity index (χ1) is 15.5. The van der Waals surface area contributed by atoms with Crippen molar-refractivity contribution in [3.05, 3.63) is 81.8 Å². The number of hydrogen-bond acceptors (Lipinski definition) is 6. The van der Waals surface area contributed by atoms with Crippen LogP contribution in [0.25, 0.3) is 6.08 Å². The van der Waals surface area contributed by atoms with E-state index in [-0.39, 0.29) is 17.0 Å². The summed E-state index contributed by atoms with van der Waals surface area (Å²) < 4.78 is 24.5. The smallest absolute Gasteiger partial charge is 0.353 e. The molecule has 1 aromatic heterocycles. The third-order valence-corrected chi connectivity index (χ3v) is 5.31. The van der Waals surface area contributed by atoms with Gasteiger partial charge in [-0.1, -0.05) is 18.2 Å². The number of rotatable bonds is 6. The maximum atomic E-state index is 13.5. The van der Waals surface area contributed by atoms with Gasteiger partial charge in [0.15, 0.2) is 11.5 Å². The number of anilines is 1. The van der Waals surface area contributed by atoms with Gasteiger partial charge in [0.25, 0.3) is 11.8 Å². The van der Waals surface area contributed by atoms with Gasteiger partial charge >= 0.3 is 5.97 Å². The van der Waals surface area contributed by atoms with Gasteiger partial charge in [-0.05, 0) is 60.3 Å². The van der Waals surface area contributed by atoms with Gasteiger partial charge in [-0.2, -0.15) is 0 Å². The van der Waals surface area contributed by atoms with Gasteiger partial charge in [0.05, 0.1) is 12.3 Å². The van der Waals surface area contributed by atoms with Crippen LogP contribution < -0.4 is 19.9 Å². The van der Waals surface area contributed by atoms with E-state index in [1.807, 2.05) is 0 Å². The Morgan fingerprint density at radius 3 is 2.69 bits per heavy atom. The number of ether oxygens (including phenoxy) is 2. The van der Waals surface area contributed by atoms with E-state index in [0.717, 1.165) is 11.1 Å². The molecule has 1 aliphatic rings. The van der Waals surface area contributed by atoms with Crippen LogP contribution in [0.3, 0.4) is 0 Å². The second kappa shape index (κ2) is 9.03. The number of thiophene rings is 1. The summed E-state index contributed by atoms with van der Waals surface area (Å²) in [5.41, 5.74) is 2.99. The molecule has 2 heterocycles. The summed E-state index contributed by atoms with van der Waals surface area (Å²) in [7, 11) is 0. The lowest BCUT2D eigenvalue weighted by molar-refractivity contribution is -0.117. The molecule has 1 aliphatic heterocycles. The largest absolute Gasteiger partial charge is 0.490 e. The van der Waals surface area contributed by atoms with E-state index < -0.39 is 23.6 Å². The van der Waals surface area contributed by atoms with Crippen LogP contribution in [0.15, 0.2) is 65.6 Å². The molecule has 7 nitrogen and oxygen atoms in total. The summed E-state index contributed by atoms with van der Waals surface area (Å²) in [6.07, 6.45) is 1.39. The Labute approximate surface area is 186 Å². The monoisotopic (exact) mass is 452 g/mol. The molecule has 0 saturated carbocycles. The topological polar surface area (TPSA) is 84.9 Å². The molecule has 2 amide bonds. The zero-order chi connectivity index (χ0) is 22.7. The Bertz CT molecular complexity index is 1220. The van der Waals surface area contributed by atoms with Crippen LogP contribution >= 0.6 is 11.3 Å². The predicted molar refractivity (Wildman–Crippen MR) is 117 cm³/mol. The number of nitrogens with one attached hydrogen (secondary N) is 1. The molecular formula is C23H17FN2O5S. The zero-order valence-electron chi connectivity index (χ0n) is 16.8. The van der Waals surface area contributed by atoms with Gasteiger partial charge in [-0.25, -0.2) is 14.2 Å². The molecule has 2 aromatic carbocycles. The van der Waals surface area contributed by atoms with Crippen molar-refractivity contribution in [1.82, 2.24) is 5.43 Å². The maximum Gasteiger partial charge on any atom is 0.353 e. The average molecular weight is 452 g/mol. The summed E-state index contributed by atoms with van der Waals surface area (Å²) in [6, 6.07) is 13.4. The summed E-state index contributed by atoms with van der Waals surface area (Å²) in [5, 5.41) is 2.75. The highest BCUT2D eigenvalue weighted by Gasteiger charge is 2.34. The van der Waals surface area contributed by atoms with Gasteiger partial charge in [0.2, 0.25) is 0 Å². The number of carbonyl (C=O) groups excluding carboxylic acids is 3. The molecule has 1 N–H and O–H groups in total. The standard InChI is InChI=1S/C23H17FN2O5S/c1-2-30-19-12-14(8-9-18(19)31-23(29)20-7-4-10-32-20)11-17-21(27)25-26(22(17)28)16-6-3-5-15(24)13-16/h3-13H,2H2,1H3,(H,25,27). The number of benzene rings is 2. The van der Waals surface area contributed by atoms with Crippen LogP contribution in [-0.2, 0) is 9.59 Å². The van der Waals surface area contributed by atoms with Crippen LogP contribution in [0, 0.1) is 5.82 Å². The molecule has 0 spiro atoms. The fraction of sp³-hybridized carbons (Fsp3) is 0.0870. The summed E-state index contributed by atoms with van der Waals surface area (Å²) in [6.45, 7) is 2.09. The van der Waals surface area contributed by atoms with Gasteiger partial charge < -0.3 is 9.47 Å². The van der Waals surface area contributed by atoms with Crippen molar-refractivity contribution in [2.24, 2.45) is 0 Å². The number of halogens is 1. The molecule has 1 fully saturated rings. The van der Waals surface area contributed by atoms with Crippen molar-refractivity contribution >= 4 is 40.9 Å². The minimum absolute atomic E-state index is 0.125. The second-order valence-corrected chi connectivity index (χ2v) is 7.57. The highest BCUT2D eigenvalue weighted by atomic mass is 32.1. The van der Waals surface area contributed by atoms with E-state index in [1.54, 1.807) is 36.6 Å². The minimum Gasteiger partial charge on any atom is -0.490 e. The number of carbonyl (C=O) groups is 3. The first-order valence-corrected chi connectivity index (χ1v) is 10.5. The lowest BCUT2D eigenvalue weighted by Gasteiger charge is -2.14. The average Bonchev–Trinajstić information content (AvgIpc) is 3.40. The SMILES string of the molecule is CCOc1cc(C=C2C(=O)NN(c3cccc(F)c3)C2=O)ccc1OC(=O)c1cccs1. The van der Waals surface area contributed by atoms with Crippen molar-refractivity contribution in [3.8, 4) is 11.5 Å². The summed E-state index contributed by atoms with van der Waals surface area (Å²) >= 11 is 1.26. The molecule has 0 atom stereocenters. The van der Waals surface area contributed by atoms with E-state index in [9.17, 15) is 18.8 Å². The van der Waals surface area contributed by atoms with Gasteiger partial charge in [0.1, 0.15) is 16.3 Å². The number of amides is 2. The molecule has 0 bridgehead atoms. The molecule has 0 aliphatic carbocycles.